The minimum Gasteiger partial charge on any atom is -0.497 e. The minimum absolute atomic E-state index is 0.132. The first-order chi connectivity index (χ1) is 14.6. The molecule has 2 amide bonds. The third-order valence-corrected chi connectivity index (χ3v) is 4.41. The second-order valence-corrected chi connectivity index (χ2v) is 6.27. The van der Waals surface area contributed by atoms with Crippen LogP contribution in [-0.2, 0) is 9.53 Å². The number of hydrogen-bond donors (Lipinski definition) is 2. The summed E-state index contributed by atoms with van der Waals surface area (Å²) in [5.74, 6) is -0.00123. The molecular formula is C22H20N4O4. The third kappa shape index (κ3) is 4.37. The predicted molar refractivity (Wildman–Crippen MR) is 111 cm³/mol. The predicted octanol–water partition coefficient (Wildman–Crippen LogP) is 1.88. The van der Waals surface area contributed by atoms with Crippen LogP contribution in [0, 0.1) is 11.3 Å². The Bertz CT molecular complexity index is 1070. The van der Waals surface area contributed by atoms with Crippen LogP contribution >= 0.6 is 0 Å². The van der Waals surface area contributed by atoms with Gasteiger partial charge in [0.05, 0.1) is 19.4 Å². The van der Waals surface area contributed by atoms with Crippen molar-refractivity contribution in [2.45, 2.75) is 0 Å². The fraction of sp³-hybridized carbons (Fsp3) is 0.182. The van der Waals surface area contributed by atoms with Crippen molar-refractivity contribution in [2.24, 2.45) is 4.99 Å². The number of fused-ring (bicyclic) bond motifs is 1. The minimum atomic E-state index is -0.550. The highest BCUT2D eigenvalue weighted by atomic mass is 16.5. The molecule has 8 nitrogen and oxygen atoms in total. The number of hydrogen-bond acceptors (Lipinski definition) is 6. The van der Waals surface area contributed by atoms with E-state index in [0.717, 1.165) is 0 Å². The first kappa shape index (κ1) is 20.8. The Labute approximate surface area is 173 Å². The van der Waals surface area contributed by atoms with Gasteiger partial charge in [-0.1, -0.05) is 24.3 Å². The van der Waals surface area contributed by atoms with Gasteiger partial charge < -0.3 is 20.1 Å². The van der Waals surface area contributed by atoms with Crippen molar-refractivity contribution in [3.05, 3.63) is 70.8 Å². The van der Waals surface area contributed by atoms with Crippen LogP contribution < -0.4 is 15.4 Å². The zero-order valence-corrected chi connectivity index (χ0v) is 16.6. The highest BCUT2D eigenvalue weighted by Crippen LogP contribution is 2.30. The molecule has 30 heavy (non-hydrogen) atoms. The molecule has 3 rings (SSSR count). The zero-order chi connectivity index (χ0) is 21.5. The topological polar surface area (TPSA) is 113 Å². The van der Waals surface area contributed by atoms with Crippen molar-refractivity contribution < 1.29 is 19.1 Å². The molecule has 2 aromatic carbocycles. The lowest BCUT2D eigenvalue weighted by atomic mass is 10.0. The molecule has 1 aliphatic heterocycles. The van der Waals surface area contributed by atoms with E-state index in [1.807, 2.05) is 6.07 Å². The Hall–Kier alpha value is -3.96. The van der Waals surface area contributed by atoms with Crippen LogP contribution in [-0.4, -0.2) is 45.0 Å². The number of amidine groups is 1. The highest BCUT2D eigenvalue weighted by molar-refractivity contribution is 6.20. The molecule has 8 heteroatoms. The molecule has 0 fully saturated rings. The van der Waals surface area contributed by atoms with Gasteiger partial charge in [-0.3, -0.25) is 9.59 Å². The van der Waals surface area contributed by atoms with Crippen molar-refractivity contribution in [3.8, 4) is 11.8 Å². The number of nitrogens with zero attached hydrogens (tertiary/aromatic N) is 2. The maximum absolute atomic E-state index is 12.7. The highest BCUT2D eigenvalue weighted by Gasteiger charge is 2.27. The number of aliphatic imine (C=N–C) groups is 1. The molecule has 1 heterocycles. The van der Waals surface area contributed by atoms with Gasteiger partial charge >= 0.3 is 0 Å². The number of amides is 2. The fourth-order valence-corrected chi connectivity index (χ4v) is 2.90. The third-order valence-electron chi connectivity index (χ3n) is 4.41. The molecule has 0 saturated heterocycles. The smallest absolute Gasteiger partial charge is 0.264 e. The van der Waals surface area contributed by atoms with Gasteiger partial charge in [0.15, 0.2) is 0 Å². The van der Waals surface area contributed by atoms with E-state index in [9.17, 15) is 14.9 Å². The average Bonchev–Trinajstić information content (AvgIpc) is 3.13. The largest absolute Gasteiger partial charge is 0.497 e. The van der Waals surface area contributed by atoms with Gasteiger partial charge in [0, 0.05) is 30.3 Å². The Kier molecular flexibility index (Phi) is 6.57. The van der Waals surface area contributed by atoms with Gasteiger partial charge in [-0.25, -0.2) is 4.99 Å². The van der Waals surface area contributed by atoms with Crippen LogP contribution in [0.1, 0.15) is 21.5 Å². The maximum atomic E-state index is 12.7. The van der Waals surface area contributed by atoms with Crippen LogP contribution in [0.25, 0.3) is 5.70 Å². The van der Waals surface area contributed by atoms with E-state index in [2.05, 4.69) is 15.6 Å². The van der Waals surface area contributed by atoms with E-state index in [-0.39, 0.29) is 29.6 Å². The average molecular weight is 404 g/mol. The number of rotatable bonds is 6. The summed E-state index contributed by atoms with van der Waals surface area (Å²) in [6.45, 7) is 0.586. The number of methoxy groups -OCH3 is 2. The number of ether oxygens (including phenoxy) is 2. The molecule has 0 spiro atoms. The Morgan fingerprint density at radius 1 is 1.07 bits per heavy atom. The molecule has 0 bridgehead atoms. The van der Waals surface area contributed by atoms with Crippen molar-refractivity contribution >= 4 is 23.3 Å². The SMILES string of the molecule is COCCNC(=O)/C(C#N)=C1\N=C(NC(=O)c2ccc(OC)cc2)c2ccccc21. The lowest BCUT2D eigenvalue weighted by molar-refractivity contribution is -0.117. The van der Waals surface area contributed by atoms with Crippen LogP contribution in [0.3, 0.4) is 0 Å². The first-order valence-corrected chi connectivity index (χ1v) is 9.14. The van der Waals surface area contributed by atoms with Crippen LogP contribution in [0.15, 0.2) is 59.1 Å². The van der Waals surface area contributed by atoms with E-state index < -0.39 is 5.91 Å². The van der Waals surface area contributed by atoms with Gasteiger partial charge in [0.25, 0.3) is 11.8 Å². The Morgan fingerprint density at radius 2 is 1.77 bits per heavy atom. The summed E-state index contributed by atoms with van der Waals surface area (Å²) in [6.07, 6.45) is 0. The van der Waals surface area contributed by atoms with Gasteiger partial charge in [-0.05, 0) is 24.3 Å². The van der Waals surface area contributed by atoms with Crippen LogP contribution in [0.5, 0.6) is 5.75 Å². The standard InChI is InChI=1S/C22H20N4O4/c1-29-12-11-24-22(28)18(13-23)19-16-5-3-4-6-17(16)20(25-19)26-21(27)14-7-9-15(30-2)10-8-14/h3-10H,11-12H2,1-2H3,(H,24,28)(H,25,26,27)/b19-18-. The molecule has 2 aromatic rings. The number of carbonyl (C=O) groups excluding carboxylic acids is 2. The van der Waals surface area contributed by atoms with Crippen molar-refractivity contribution in [2.75, 3.05) is 27.4 Å². The van der Waals surface area contributed by atoms with Gasteiger partial charge in [0.1, 0.15) is 23.2 Å². The van der Waals surface area contributed by atoms with E-state index in [1.54, 1.807) is 55.6 Å². The lowest BCUT2D eigenvalue weighted by Crippen LogP contribution is -2.30. The zero-order valence-electron chi connectivity index (χ0n) is 16.6. The maximum Gasteiger partial charge on any atom is 0.264 e. The molecule has 0 aliphatic carbocycles. The normalized spacial score (nSPS) is 13.6. The first-order valence-electron chi connectivity index (χ1n) is 9.14. The quantitative estimate of drug-likeness (QED) is 0.434. The summed E-state index contributed by atoms with van der Waals surface area (Å²) >= 11 is 0. The molecule has 1 aliphatic rings. The summed E-state index contributed by atoms with van der Waals surface area (Å²) in [4.78, 5) is 29.5. The summed E-state index contributed by atoms with van der Waals surface area (Å²) in [5, 5.41) is 15.0. The molecular weight excluding hydrogens is 384 g/mol. The number of carbonyl (C=O) groups is 2. The van der Waals surface area contributed by atoms with Gasteiger partial charge in [0.2, 0.25) is 0 Å². The van der Waals surface area contributed by atoms with Gasteiger partial charge in [-0.2, -0.15) is 5.26 Å². The lowest BCUT2D eigenvalue weighted by Gasteiger charge is -2.07. The van der Waals surface area contributed by atoms with E-state index in [1.165, 1.54) is 7.11 Å². The van der Waals surface area contributed by atoms with E-state index >= 15 is 0 Å². The van der Waals surface area contributed by atoms with Gasteiger partial charge in [-0.15, -0.1) is 0 Å². The molecule has 0 unspecified atom stereocenters. The molecule has 2 N–H and O–H groups in total. The monoisotopic (exact) mass is 404 g/mol. The number of nitrogens with one attached hydrogen (secondary N) is 2. The fourth-order valence-electron chi connectivity index (χ4n) is 2.90. The van der Waals surface area contributed by atoms with Crippen molar-refractivity contribution in [1.82, 2.24) is 10.6 Å². The number of benzene rings is 2. The molecule has 0 atom stereocenters. The van der Waals surface area contributed by atoms with Crippen molar-refractivity contribution in [3.63, 3.8) is 0 Å². The summed E-state index contributed by atoms with van der Waals surface area (Å²) in [7, 11) is 3.07. The molecule has 0 saturated carbocycles. The van der Waals surface area contributed by atoms with Crippen LogP contribution in [0.2, 0.25) is 0 Å². The molecule has 0 aromatic heterocycles. The van der Waals surface area contributed by atoms with Crippen LogP contribution in [0.4, 0.5) is 0 Å². The second kappa shape index (κ2) is 9.49. The summed E-state index contributed by atoms with van der Waals surface area (Å²) in [5.41, 5.74) is 1.74. The van der Waals surface area contributed by atoms with Crippen molar-refractivity contribution in [1.29, 1.82) is 5.26 Å². The molecule has 0 radical (unpaired) electrons. The summed E-state index contributed by atoms with van der Waals surface area (Å²) < 4.78 is 10.0. The summed E-state index contributed by atoms with van der Waals surface area (Å²) in [6, 6.07) is 15.7. The van der Waals surface area contributed by atoms with E-state index in [4.69, 9.17) is 9.47 Å². The second-order valence-electron chi connectivity index (χ2n) is 6.27. The Balaban J connectivity index is 1.92. The Morgan fingerprint density at radius 3 is 2.40 bits per heavy atom. The number of nitriles is 1. The molecule has 152 valence electrons. The van der Waals surface area contributed by atoms with E-state index in [0.29, 0.717) is 29.0 Å².